The topological polar surface area (TPSA) is 131 Å². The summed E-state index contributed by atoms with van der Waals surface area (Å²) in [5.41, 5.74) is 1.39. The van der Waals surface area contributed by atoms with Gasteiger partial charge in [0.1, 0.15) is 12.3 Å². The molecule has 1 atom stereocenters. The summed E-state index contributed by atoms with van der Waals surface area (Å²) in [6.07, 6.45) is 11.6. The second-order valence-corrected chi connectivity index (χ2v) is 10.5. The highest BCUT2D eigenvalue weighted by Gasteiger charge is 2.57. The van der Waals surface area contributed by atoms with Gasteiger partial charge in [-0.25, -0.2) is 15.0 Å². The van der Waals surface area contributed by atoms with E-state index >= 15 is 0 Å². The van der Waals surface area contributed by atoms with Crippen molar-refractivity contribution in [3.05, 3.63) is 24.2 Å². The number of amides is 5. The van der Waals surface area contributed by atoms with Gasteiger partial charge in [0.2, 0.25) is 0 Å². The lowest BCUT2D eigenvalue weighted by Gasteiger charge is -2.41. The molecule has 2 saturated carbocycles. The third kappa shape index (κ3) is 5.66. The molecule has 2 heterocycles. The van der Waals surface area contributed by atoms with Gasteiger partial charge >= 0.3 is 12.1 Å². The Morgan fingerprint density at radius 2 is 1.83 bits per heavy atom. The normalized spacial score (nSPS) is 23.3. The number of hydrogen-bond acceptors (Lipinski definition) is 6. The number of rotatable bonds is 7. The van der Waals surface area contributed by atoms with Gasteiger partial charge in [-0.15, -0.1) is 0 Å². The van der Waals surface area contributed by atoms with Crippen molar-refractivity contribution >= 4 is 24.2 Å². The summed E-state index contributed by atoms with van der Waals surface area (Å²) in [6.45, 7) is 3.28. The number of nitrogens with zero attached hydrogens (tertiary/aromatic N) is 4. The van der Waals surface area contributed by atoms with Crippen molar-refractivity contribution in [3.8, 4) is 0 Å². The molecule has 5 amide bonds. The molecule has 4 rings (SSSR count). The van der Waals surface area contributed by atoms with Gasteiger partial charge in [-0.2, -0.15) is 10.2 Å². The van der Waals surface area contributed by atoms with E-state index in [1.54, 1.807) is 30.9 Å². The lowest BCUT2D eigenvalue weighted by Crippen LogP contribution is -2.61. The lowest BCUT2D eigenvalue weighted by atomic mass is 9.92. The van der Waals surface area contributed by atoms with Crippen LogP contribution in [-0.4, -0.2) is 74.6 Å². The van der Waals surface area contributed by atoms with Gasteiger partial charge in [-0.1, -0.05) is 38.5 Å². The molecule has 3 N–H and O–H groups in total. The predicted octanol–water partition coefficient (Wildman–Crippen LogP) is 3.64. The molecule has 0 spiro atoms. The molecule has 0 bridgehead atoms. The summed E-state index contributed by atoms with van der Waals surface area (Å²) < 4.78 is 5.15. The van der Waals surface area contributed by atoms with Crippen molar-refractivity contribution in [2.75, 3.05) is 6.54 Å². The van der Waals surface area contributed by atoms with E-state index in [4.69, 9.17) is 4.42 Å². The van der Waals surface area contributed by atoms with Gasteiger partial charge in [0.25, 0.3) is 5.91 Å². The minimum absolute atomic E-state index is 0.0122. The van der Waals surface area contributed by atoms with E-state index in [9.17, 15) is 19.6 Å². The Labute approximate surface area is 211 Å². The maximum atomic E-state index is 13.7. The average Bonchev–Trinajstić information content (AvgIpc) is 3.45. The van der Waals surface area contributed by atoms with Crippen LogP contribution in [0.3, 0.4) is 0 Å². The zero-order chi connectivity index (χ0) is 25.7. The SMILES string of the molecule is CC1(C)C(N(O)C(=O)NC2CCCCC2)N(C2CCCCC2)C(=O)N1CC(=O)N/N=C\c1ccco1. The third-order valence-electron chi connectivity index (χ3n) is 7.61. The van der Waals surface area contributed by atoms with Crippen LogP contribution in [0.4, 0.5) is 9.59 Å². The summed E-state index contributed by atoms with van der Waals surface area (Å²) in [7, 11) is 0. The quantitative estimate of drug-likeness (QED) is 0.298. The highest BCUT2D eigenvalue weighted by atomic mass is 16.5. The average molecular weight is 503 g/mol. The maximum absolute atomic E-state index is 13.7. The monoisotopic (exact) mass is 502 g/mol. The van der Waals surface area contributed by atoms with Gasteiger partial charge in [-0.05, 0) is 51.7 Å². The molecule has 1 saturated heterocycles. The summed E-state index contributed by atoms with van der Waals surface area (Å²) in [4.78, 5) is 42.5. The minimum atomic E-state index is -1.03. The molecule has 2 aliphatic carbocycles. The number of nitrogens with one attached hydrogen (secondary N) is 2. The summed E-state index contributed by atoms with van der Waals surface area (Å²) >= 11 is 0. The molecule has 1 aromatic heterocycles. The fourth-order valence-electron chi connectivity index (χ4n) is 5.68. The van der Waals surface area contributed by atoms with E-state index in [0.29, 0.717) is 10.8 Å². The number of urea groups is 2. The van der Waals surface area contributed by atoms with Gasteiger partial charge in [0.15, 0.2) is 6.17 Å². The molecular weight excluding hydrogens is 464 g/mol. The first-order valence-electron chi connectivity index (χ1n) is 13.0. The molecule has 0 aromatic carbocycles. The van der Waals surface area contributed by atoms with Crippen LogP contribution >= 0.6 is 0 Å². The Kier molecular flexibility index (Phi) is 8.17. The summed E-state index contributed by atoms with van der Waals surface area (Å²) in [5.74, 6) is -0.00376. The van der Waals surface area contributed by atoms with Crippen LogP contribution in [0.1, 0.15) is 83.8 Å². The van der Waals surface area contributed by atoms with Gasteiger partial charge < -0.3 is 14.6 Å². The smallest absolute Gasteiger partial charge is 0.343 e. The molecule has 11 nitrogen and oxygen atoms in total. The van der Waals surface area contributed by atoms with E-state index in [1.807, 2.05) is 0 Å². The lowest BCUT2D eigenvalue weighted by molar-refractivity contribution is -0.143. The molecule has 1 aromatic rings. The molecule has 1 aliphatic heterocycles. The number of furan rings is 1. The Balaban J connectivity index is 1.50. The van der Waals surface area contributed by atoms with Crippen molar-refractivity contribution in [1.29, 1.82) is 0 Å². The standard InChI is InChI=1S/C25H38N6O5/c1-25(2)22(31(35)23(33)27-18-10-5-3-6-11-18)30(19-12-7-4-8-13-19)24(34)29(25)17-21(32)28-26-16-20-14-9-15-36-20/h9,14-16,18-19,22,35H,3-8,10-13,17H2,1-2H3,(H,27,33)(H,28,32)/b26-16-. The van der Waals surface area contributed by atoms with Crippen LogP contribution in [0.5, 0.6) is 0 Å². The maximum Gasteiger partial charge on any atom is 0.343 e. The molecule has 3 fully saturated rings. The predicted molar refractivity (Wildman–Crippen MR) is 132 cm³/mol. The van der Waals surface area contributed by atoms with E-state index in [-0.39, 0.29) is 24.7 Å². The highest BCUT2D eigenvalue weighted by molar-refractivity contribution is 5.88. The first kappa shape index (κ1) is 26.0. The molecule has 36 heavy (non-hydrogen) atoms. The van der Waals surface area contributed by atoms with E-state index in [0.717, 1.165) is 64.2 Å². The van der Waals surface area contributed by atoms with Crippen molar-refractivity contribution < 1.29 is 24.0 Å². The number of hydrazone groups is 1. The second-order valence-electron chi connectivity index (χ2n) is 10.5. The van der Waals surface area contributed by atoms with Crippen LogP contribution in [0, 0.1) is 0 Å². The third-order valence-corrected chi connectivity index (χ3v) is 7.61. The van der Waals surface area contributed by atoms with E-state index < -0.39 is 23.6 Å². The van der Waals surface area contributed by atoms with Crippen molar-refractivity contribution in [2.24, 2.45) is 5.10 Å². The second kappa shape index (κ2) is 11.3. The fraction of sp³-hybridized carbons (Fsp3) is 0.680. The number of carbonyl (C=O) groups is 3. The van der Waals surface area contributed by atoms with Gasteiger partial charge in [-0.3, -0.25) is 14.9 Å². The Bertz CT molecular complexity index is 937. The number of hydroxylamine groups is 2. The molecule has 198 valence electrons. The Morgan fingerprint density at radius 1 is 1.17 bits per heavy atom. The Morgan fingerprint density at radius 3 is 2.47 bits per heavy atom. The number of carbonyl (C=O) groups excluding carboxylic acids is 3. The van der Waals surface area contributed by atoms with Crippen LogP contribution in [-0.2, 0) is 4.79 Å². The van der Waals surface area contributed by atoms with Crippen LogP contribution in [0.25, 0.3) is 0 Å². The largest absolute Gasteiger partial charge is 0.463 e. The fourth-order valence-corrected chi connectivity index (χ4v) is 5.68. The van der Waals surface area contributed by atoms with Crippen molar-refractivity contribution in [2.45, 2.75) is 102 Å². The summed E-state index contributed by atoms with van der Waals surface area (Å²) in [6, 6.07) is 2.33. The summed E-state index contributed by atoms with van der Waals surface area (Å²) in [5, 5.41) is 18.7. The van der Waals surface area contributed by atoms with Crippen LogP contribution in [0.2, 0.25) is 0 Å². The van der Waals surface area contributed by atoms with E-state index in [1.165, 1.54) is 17.4 Å². The molecule has 0 radical (unpaired) electrons. The van der Waals surface area contributed by atoms with Gasteiger partial charge in [0.05, 0.1) is 18.0 Å². The molecule has 11 heteroatoms. The zero-order valence-electron chi connectivity index (χ0n) is 21.2. The van der Waals surface area contributed by atoms with Crippen molar-refractivity contribution in [3.63, 3.8) is 0 Å². The van der Waals surface area contributed by atoms with Crippen LogP contribution in [0.15, 0.2) is 27.9 Å². The van der Waals surface area contributed by atoms with E-state index in [2.05, 4.69) is 15.8 Å². The van der Waals surface area contributed by atoms with Crippen molar-refractivity contribution in [1.82, 2.24) is 25.6 Å². The Hall–Kier alpha value is -3.08. The molecular formula is C25H38N6O5. The molecule has 1 unspecified atom stereocenters. The molecule has 3 aliphatic rings. The first-order valence-corrected chi connectivity index (χ1v) is 13.0. The van der Waals surface area contributed by atoms with Crippen LogP contribution < -0.4 is 10.7 Å². The first-order chi connectivity index (χ1) is 17.3. The zero-order valence-corrected chi connectivity index (χ0v) is 21.2. The van der Waals surface area contributed by atoms with Gasteiger partial charge in [0, 0.05) is 12.1 Å². The highest BCUT2D eigenvalue weighted by Crippen LogP contribution is 2.39. The minimum Gasteiger partial charge on any atom is -0.463 e. The number of hydrogen-bond donors (Lipinski definition) is 3.